The summed E-state index contributed by atoms with van der Waals surface area (Å²) < 4.78 is 5.03. The van der Waals surface area contributed by atoms with Gasteiger partial charge in [0.25, 0.3) is 5.91 Å². The first-order valence-electron chi connectivity index (χ1n) is 7.08. The lowest BCUT2D eigenvalue weighted by molar-refractivity contribution is -0.402. The summed E-state index contributed by atoms with van der Waals surface area (Å²) >= 11 is 6.24. The molecule has 1 fully saturated rings. The van der Waals surface area contributed by atoms with E-state index in [0.717, 1.165) is 5.56 Å². The van der Waals surface area contributed by atoms with Crippen molar-refractivity contribution in [2.24, 2.45) is 0 Å². The first-order valence-corrected chi connectivity index (χ1v) is 7.46. The molecule has 0 spiro atoms. The number of hydrogen-bond donors (Lipinski definition) is 1. The topological polar surface area (TPSA) is 88.6 Å². The Bertz CT molecular complexity index is 750. The molecular weight excluding hydrogens is 357 g/mol. The van der Waals surface area contributed by atoms with Crippen LogP contribution in [0.2, 0.25) is 5.02 Å². The molecule has 1 aliphatic rings. The van der Waals surface area contributed by atoms with E-state index < -0.39 is 10.8 Å². The highest BCUT2D eigenvalue weighted by atomic mass is 35.5. The van der Waals surface area contributed by atoms with Crippen LogP contribution in [0.5, 0.6) is 0 Å². The van der Waals surface area contributed by atoms with Gasteiger partial charge in [-0.2, -0.15) is 0 Å². The Labute approximate surface area is 149 Å². The summed E-state index contributed by atoms with van der Waals surface area (Å²) in [5.74, 6) is -0.877. The average Bonchev–Trinajstić information content (AvgIpc) is 3.05. The summed E-state index contributed by atoms with van der Waals surface area (Å²) in [6, 6.07) is 9.57. The number of rotatable bonds is 3. The normalized spacial score (nSPS) is 17.2. The minimum absolute atomic E-state index is 0. The molecule has 1 aromatic heterocycles. The Balaban J connectivity index is 0.00000208. The Morgan fingerprint density at radius 1 is 1.33 bits per heavy atom. The van der Waals surface area contributed by atoms with E-state index in [0.29, 0.717) is 24.7 Å². The van der Waals surface area contributed by atoms with Crippen molar-refractivity contribution in [3.63, 3.8) is 0 Å². The number of carbonyl (C=O) groups excluding carboxylic acids is 1. The monoisotopic (exact) mass is 371 g/mol. The number of nitro groups is 1. The van der Waals surface area contributed by atoms with E-state index in [1.165, 1.54) is 12.1 Å². The molecule has 1 unspecified atom stereocenters. The molecule has 9 heteroatoms. The van der Waals surface area contributed by atoms with Crippen molar-refractivity contribution in [1.82, 2.24) is 10.2 Å². The number of furan rings is 1. The van der Waals surface area contributed by atoms with Crippen LogP contribution in [0.15, 0.2) is 40.8 Å². The molecular formula is C15H15Cl2N3O4. The van der Waals surface area contributed by atoms with E-state index in [4.69, 9.17) is 16.0 Å². The molecule has 0 aliphatic carbocycles. The molecule has 1 atom stereocenters. The van der Waals surface area contributed by atoms with Crippen LogP contribution in [-0.4, -0.2) is 35.4 Å². The first kappa shape index (κ1) is 18.3. The molecule has 1 saturated heterocycles. The minimum Gasteiger partial charge on any atom is -0.395 e. The number of nitrogens with zero attached hydrogens (tertiary/aromatic N) is 2. The molecule has 1 aromatic carbocycles. The van der Waals surface area contributed by atoms with Gasteiger partial charge in [0.2, 0.25) is 0 Å². The molecule has 0 bridgehead atoms. The van der Waals surface area contributed by atoms with Gasteiger partial charge in [0.1, 0.15) is 4.92 Å². The van der Waals surface area contributed by atoms with E-state index in [-0.39, 0.29) is 30.1 Å². The average molecular weight is 372 g/mol. The summed E-state index contributed by atoms with van der Waals surface area (Å²) in [5, 5.41) is 14.5. The molecule has 128 valence electrons. The molecule has 1 amide bonds. The van der Waals surface area contributed by atoms with Crippen LogP contribution in [-0.2, 0) is 0 Å². The van der Waals surface area contributed by atoms with Crippen LogP contribution in [0, 0.1) is 10.1 Å². The van der Waals surface area contributed by atoms with Crippen molar-refractivity contribution >= 4 is 35.8 Å². The molecule has 7 nitrogen and oxygen atoms in total. The van der Waals surface area contributed by atoms with Crippen LogP contribution >= 0.6 is 24.0 Å². The van der Waals surface area contributed by atoms with E-state index >= 15 is 0 Å². The third-order valence-electron chi connectivity index (χ3n) is 3.75. The van der Waals surface area contributed by atoms with Crippen molar-refractivity contribution in [1.29, 1.82) is 0 Å². The zero-order valence-electron chi connectivity index (χ0n) is 12.5. The molecule has 24 heavy (non-hydrogen) atoms. The van der Waals surface area contributed by atoms with Crippen LogP contribution in [0.1, 0.15) is 22.2 Å². The first-order chi connectivity index (χ1) is 11.1. The van der Waals surface area contributed by atoms with Gasteiger partial charge in [-0.05, 0) is 17.7 Å². The minimum atomic E-state index is -0.667. The van der Waals surface area contributed by atoms with Crippen molar-refractivity contribution in [3.8, 4) is 0 Å². The second-order valence-corrected chi connectivity index (χ2v) is 5.54. The third-order valence-corrected chi connectivity index (χ3v) is 4.10. The highest BCUT2D eigenvalue weighted by molar-refractivity contribution is 6.31. The van der Waals surface area contributed by atoms with Gasteiger partial charge in [-0.1, -0.05) is 29.8 Å². The van der Waals surface area contributed by atoms with Gasteiger partial charge in [0.15, 0.2) is 5.76 Å². The summed E-state index contributed by atoms with van der Waals surface area (Å²) in [6.07, 6.45) is 0. The Kier molecular flexibility index (Phi) is 5.82. The maximum absolute atomic E-state index is 12.7. The van der Waals surface area contributed by atoms with Gasteiger partial charge >= 0.3 is 5.88 Å². The summed E-state index contributed by atoms with van der Waals surface area (Å²) in [7, 11) is 0. The third kappa shape index (κ3) is 3.53. The Hall–Kier alpha value is -2.09. The second kappa shape index (κ2) is 7.65. The fourth-order valence-electron chi connectivity index (χ4n) is 2.65. The fraction of sp³-hybridized carbons (Fsp3) is 0.267. The number of nitrogens with one attached hydrogen (secondary N) is 1. The Morgan fingerprint density at radius 2 is 2.08 bits per heavy atom. The lowest BCUT2D eigenvalue weighted by Crippen LogP contribution is -2.48. The van der Waals surface area contributed by atoms with Gasteiger partial charge < -0.3 is 14.6 Å². The van der Waals surface area contributed by atoms with Gasteiger partial charge in [-0.3, -0.25) is 14.9 Å². The SMILES string of the molecule is Cl.O=C(c1ccc([N+](=O)[O-])o1)N1CCNCC1c1ccccc1Cl. The number of hydrogen-bond acceptors (Lipinski definition) is 5. The van der Waals surface area contributed by atoms with Crippen molar-refractivity contribution < 1.29 is 14.1 Å². The van der Waals surface area contributed by atoms with Crippen LogP contribution in [0.3, 0.4) is 0 Å². The highest BCUT2D eigenvalue weighted by Crippen LogP contribution is 2.30. The van der Waals surface area contributed by atoms with Crippen LogP contribution in [0.25, 0.3) is 0 Å². The second-order valence-electron chi connectivity index (χ2n) is 5.13. The number of carbonyl (C=O) groups is 1. The number of halogens is 2. The molecule has 2 aromatic rings. The summed E-state index contributed by atoms with van der Waals surface area (Å²) in [4.78, 5) is 24.3. The number of piperazine rings is 1. The lowest BCUT2D eigenvalue weighted by Gasteiger charge is -2.36. The maximum atomic E-state index is 12.7. The van der Waals surface area contributed by atoms with Gasteiger partial charge in [-0.15, -0.1) is 12.4 Å². The van der Waals surface area contributed by atoms with Crippen LogP contribution < -0.4 is 5.32 Å². The standard InChI is InChI=1S/C15H14ClN3O4.ClH/c16-11-4-2-1-3-10(11)12-9-17-7-8-18(12)15(20)13-5-6-14(23-13)19(21)22;/h1-6,12,17H,7-9H2;1H. The molecule has 0 saturated carbocycles. The Morgan fingerprint density at radius 3 is 2.75 bits per heavy atom. The van der Waals surface area contributed by atoms with E-state index in [1.807, 2.05) is 18.2 Å². The smallest absolute Gasteiger partial charge is 0.395 e. The lowest BCUT2D eigenvalue weighted by atomic mass is 10.0. The van der Waals surface area contributed by atoms with Gasteiger partial charge in [0.05, 0.1) is 12.1 Å². The molecule has 1 aliphatic heterocycles. The fourth-order valence-corrected chi connectivity index (χ4v) is 2.91. The maximum Gasteiger partial charge on any atom is 0.433 e. The molecule has 3 rings (SSSR count). The summed E-state index contributed by atoms with van der Waals surface area (Å²) in [6.45, 7) is 1.65. The van der Waals surface area contributed by atoms with E-state index in [9.17, 15) is 14.9 Å². The van der Waals surface area contributed by atoms with Crippen LogP contribution in [0.4, 0.5) is 5.88 Å². The van der Waals surface area contributed by atoms with Gasteiger partial charge in [0, 0.05) is 24.7 Å². The highest BCUT2D eigenvalue weighted by Gasteiger charge is 2.32. The predicted molar refractivity (Wildman–Crippen MR) is 90.7 cm³/mol. The quantitative estimate of drug-likeness (QED) is 0.661. The van der Waals surface area contributed by atoms with Crippen molar-refractivity contribution in [2.75, 3.05) is 19.6 Å². The predicted octanol–water partition coefficient (Wildman–Crippen LogP) is 3.05. The zero-order valence-corrected chi connectivity index (χ0v) is 14.0. The van der Waals surface area contributed by atoms with E-state index in [2.05, 4.69) is 5.32 Å². The number of amides is 1. The molecule has 0 radical (unpaired) electrons. The molecule has 2 heterocycles. The largest absolute Gasteiger partial charge is 0.433 e. The number of benzene rings is 1. The van der Waals surface area contributed by atoms with Crippen molar-refractivity contribution in [2.45, 2.75) is 6.04 Å². The zero-order chi connectivity index (χ0) is 16.4. The van der Waals surface area contributed by atoms with Gasteiger partial charge in [-0.25, -0.2) is 0 Å². The summed E-state index contributed by atoms with van der Waals surface area (Å²) in [5.41, 5.74) is 0.829. The van der Waals surface area contributed by atoms with E-state index in [1.54, 1.807) is 11.0 Å². The molecule has 1 N–H and O–H groups in total. The van der Waals surface area contributed by atoms with Crippen molar-refractivity contribution in [3.05, 3.63) is 62.9 Å².